The maximum Gasteiger partial charge on any atom is 0.205 e. The molecule has 1 saturated carbocycles. The van der Waals surface area contributed by atoms with Crippen LogP contribution in [0.3, 0.4) is 0 Å². The van der Waals surface area contributed by atoms with E-state index in [1.54, 1.807) is 0 Å². The number of hydrogen-bond donors (Lipinski definition) is 1. The van der Waals surface area contributed by atoms with Gasteiger partial charge in [-0.2, -0.15) is 0 Å². The lowest BCUT2D eigenvalue weighted by atomic mass is 9.83. The molecule has 4 nitrogen and oxygen atoms in total. The Labute approximate surface area is 104 Å². The minimum atomic E-state index is 0.569. The van der Waals surface area contributed by atoms with Gasteiger partial charge in [0, 0.05) is 32.0 Å². The summed E-state index contributed by atoms with van der Waals surface area (Å²) in [7, 11) is 2.06. The molecule has 1 aliphatic rings. The zero-order valence-electron chi connectivity index (χ0n) is 11.0. The van der Waals surface area contributed by atoms with Crippen LogP contribution in [0.15, 0.2) is 12.4 Å². The summed E-state index contributed by atoms with van der Waals surface area (Å²) in [4.78, 5) is 6.91. The summed E-state index contributed by atoms with van der Waals surface area (Å²) >= 11 is 0. The highest BCUT2D eigenvalue weighted by molar-refractivity contribution is 5.33. The van der Waals surface area contributed by atoms with Crippen LogP contribution in [0, 0.1) is 5.92 Å². The van der Waals surface area contributed by atoms with Crippen LogP contribution in [0.1, 0.15) is 32.6 Å². The Morgan fingerprint density at radius 1 is 1.47 bits per heavy atom. The first-order valence-corrected chi connectivity index (χ1v) is 6.72. The van der Waals surface area contributed by atoms with Gasteiger partial charge in [-0.1, -0.05) is 12.8 Å². The summed E-state index contributed by atoms with van der Waals surface area (Å²) in [5, 5.41) is 0. The van der Waals surface area contributed by atoms with E-state index in [1.165, 1.54) is 25.7 Å². The van der Waals surface area contributed by atoms with E-state index in [2.05, 4.69) is 28.4 Å². The molecule has 1 aromatic rings. The predicted octanol–water partition coefficient (Wildman–Crippen LogP) is 1.76. The molecule has 0 saturated heterocycles. The fourth-order valence-electron chi connectivity index (χ4n) is 3.03. The van der Waals surface area contributed by atoms with E-state index in [4.69, 9.17) is 5.73 Å². The molecule has 96 valence electrons. The Morgan fingerprint density at radius 2 is 2.24 bits per heavy atom. The highest BCUT2D eigenvalue weighted by atomic mass is 15.3. The van der Waals surface area contributed by atoms with Crippen molar-refractivity contribution in [1.82, 2.24) is 9.55 Å². The van der Waals surface area contributed by atoms with E-state index < -0.39 is 0 Å². The zero-order valence-corrected chi connectivity index (χ0v) is 11.0. The van der Waals surface area contributed by atoms with Crippen molar-refractivity contribution in [2.45, 2.75) is 38.6 Å². The Balaban J connectivity index is 2.19. The number of rotatable bonds is 4. The van der Waals surface area contributed by atoms with Crippen molar-refractivity contribution >= 4 is 5.95 Å². The standard InChI is InChI=1S/C13H24N4/c1-3-17(13-15-8-9-16(13)2)12-7-5-4-6-11(12)10-14/h8-9,11-12H,3-7,10,14H2,1-2H3. The maximum atomic E-state index is 5.92. The topological polar surface area (TPSA) is 47.1 Å². The molecule has 2 atom stereocenters. The summed E-state index contributed by atoms with van der Waals surface area (Å²) in [6, 6.07) is 0.569. The highest BCUT2D eigenvalue weighted by Crippen LogP contribution is 2.30. The van der Waals surface area contributed by atoms with Crippen molar-refractivity contribution in [3.05, 3.63) is 12.4 Å². The van der Waals surface area contributed by atoms with Gasteiger partial charge >= 0.3 is 0 Å². The molecule has 0 aromatic carbocycles. The van der Waals surface area contributed by atoms with E-state index in [9.17, 15) is 0 Å². The minimum Gasteiger partial charge on any atom is -0.339 e. The molecule has 2 rings (SSSR count). The zero-order chi connectivity index (χ0) is 12.3. The molecule has 4 heteroatoms. The van der Waals surface area contributed by atoms with E-state index in [0.717, 1.165) is 19.0 Å². The molecule has 0 radical (unpaired) electrons. The van der Waals surface area contributed by atoms with Gasteiger partial charge in [-0.15, -0.1) is 0 Å². The lowest BCUT2D eigenvalue weighted by molar-refractivity contribution is 0.297. The van der Waals surface area contributed by atoms with Crippen molar-refractivity contribution in [2.75, 3.05) is 18.0 Å². The molecule has 1 aromatic heterocycles. The maximum absolute atomic E-state index is 5.92. The predicted molar refractivity (Wildman–Crippen MR) is 71.0 cm³/mol. The van der Waals surface area contributed by atoms with Gasteiger partial charge in [0.1, 0.15) is 0 Å². The van der Waals surface area contributed by atoms with Gasteiger partial charge < -0.3 is 15.2 Å². The van der Waals surface area contributed by atoms with E-state index in [0.29, 0.717) is 12.0 Å². The SMILES string of the molecule is CCN(c1nccn1C)C1CCCCC1CN. The third-order valence-corrected chi connectivity index (χ3v) is 3.97. The van der Waals surface area contributed by atoms with E-state index in [1.807, 2.05) is 12.4 Å². The molecule has 0 aliphatic heterocycles. The van der Waals surface area contributed by atoms with Gasteiger partial charge in [-0.25, -0.2) is 4.98 Å². The first-order chi connectivity index (χ1) is 8.27. The van der Waals surface area contributed by atoms with Crippen molar-refractivity contribution in [2.24, 2.45) is 18.7 Å². The summed E-state index contributed by atoms with van der Waals surface area (Å²) in [6.45, 7) is 4.01. The van der Waals surface area contributed by atoms with Gasteiger partial charge in [0.25, 0.3) is 0 Å². The van der Waals surface area contributed by atoms with Crippen molar-refractivity contribution in [3.8, 4) is 0 Å². The second kappa shape index (κ2) is 5.54. The number of anilines is 1. The van der Waals surface area contributed by atoms with Crippen LogP contribution in [0.25, 0.3) is 0 Å². The third-order valence-electron chi connectivity index (χ3n) is 3.97. The van der Waals surface area contributed by atoms with Crippen LogP contribution in [0.2, 0.25) is 0 Å². The van der Waals surface area contributed by atoms with Crippen LogP contribution in [0.4, 0.5) is 5.95 Å². The number of imidazole rings is 1. The molecule has 1 fully saturated rings. The molecular weight excluding hydrogens is 212 g/mol. The molecule has 2 N–H and O–H groups in total. The molecule has 0 spiro atoms. The first kappa shape index (κ1) is 12.4. The molecular formula is C13H24N4. The molecule has 0 amide bonds. The fourth-order valence-corrected chi connectivity index (χ4v) is 3.03. The third kappa shape index (κ3) is 2.46. The van der Waals surface area contributed by atoms with Crippen LogP contribution in [-0.4, -0.2) is 28.7 Å². The Kier molecular flexibility index (Phi) is 4.05. The molecule has 17 heavy (non-hydrogen) atoms. The number of hydrogen-bond acceptors (Lipinski definition) is 3. The number of nitrogens with zero attached hydrogens (tertiary/aromatic N) is 3. The first-order valence-electron chi connectivity index (χ1n) is 6.72. The second-order valence-electron chi connectivity index (χ2n) is 4.97. The average Bonchev–Trinajstić information content (AvgIpc) is 2.78. The summed E-state index contributed by atoms with van der Waals surface area (Å²) in [5.41, 5.74) is 5.92. The Bertz CT molecular complexity index is 347. The van der Waals surface area contributed by atoms with Crippen LogP contribution >= 0.6 is 0 Å². The van der Waals surface area contributed by atoms with Crippen molar-refractivity contribution in [3.63, 3.8) is 0 Å². The number of nitrogens with two attached hydrogens (primary N) is 1. The number of aromatic nitrogens is 2. The monoisotopic (exact) mass is 236 g/mol. The summed E-state index contributed by atoms with van der Waals surface area (Å²) in [6.07, 6.45) is 9.06. The van der Waals surface area contributed by atoms with Crippen LogP contribution in [-0.2, 0) is 7.05 Å². The van der Waals surface area contributed by atoms with Gasteiger partial charge in [0.2, 0.25) is 5.95 Å². The molecule has 1 aliphatic carbocycles. The normalized spacial score (nSPS) is 24.9. The Morgan fingerprint density at radius 3 is 2.82 bits per heavy atom. The minimum absolute atomic E-state index is 0.569. The summed E-state index contributed by atoms with van der Waals surface area (Å²) < 4.78 is 2.10. The number of aryl methyl sites for hydroxylation is 1. The quantitative estimate of drug-likeness (QED) is 0.866. The lowest BCUT2D eigenvalue weighted by Crippen LogP contribution is -2.46. The molecule has 1 heterocycles. The summed E-state index contributed by atoms with van der Waals surface area (Å²) in [5.74, 6) is 1.71. The van der Waals surface area contributed by atoms with E-state index >= 15 is 0 Å². The molecule has 2 unspecified atom stereocenters. The second-order valence-corrected chi connectivity index (χ2v) is 4.97. The molecule has 0 bridgehead atoms. The van der Waals surface area contributed by atoms with Crippen molar-refractivity contribution in [1.29, 1.82) is 0 Å². The Hall–Kier alpha value is -1.03. The van der Waals surface area contributed by atoms with Crippen LogP contribution in [0.5, 0.6) is 0 Å². The van der Waals surface area contributed by atoms with Gasteiger partial charge in [-0.3, -0.25) is 0 Å². The fraction of sp³-hybridized carbons (Fsp3) is 0.769. The smallest absolute Gasteiger partial charge is 0.205 e. The largest absolute Gasteiger partial charge is 0.339 e. The van der Waals surface area contributed by atoms with E-state index in [-0.39, 0.29) is 0 Å². The van der Waals surface area contributed by atoms with Crippen molar-refractivity contribution < 1.29 is 0 Å². The van der Waals surface area contributed by atoms with Gasteiger partial charge in [-0.05, 0) is 32.2 Å². The van der Waals surface area contributed by atoms with Crippen LogP contribution < -0.4 is 10.6 Å². The van der Waals surface area contributed by atoms with Gasteiger partial charge in [0.05, 0.1) is 0 Å². The highest BCUT2D eigenvalue weighted by Gasteiger charge is 2.30. The lowest BCUT2D eigenvalue weighted by Gasteiger charge is -2.39. The average molecular weight is 236 g/mol. The van der Waals surface area contributed by atoms with Gasteiger partial charge in [0.15, 0.2) is 0 Å².